The van der Waals surface area contributed by atoms with Gasteiger partial charge >= 0.3 is 0 Å². The molecule has 9 rings (SSSR count). The van der Waals surface area contributed by atoms with Crippen LogP contribution in [0.5, 0.6) is 5.75 Å². The number of ketones is 2. The fourth-order valence-electron chi connectivity index (χ4n) is 11.7. The molecule has 81 heavy (non-hydrogen) atoms. The van der Waals surface area contributed by atoms with Crippen LogP contribution in [0.15, 0.2) is 59.0 Å². The number of rotatable bonds is 26. The second-order valence-electron chi connectivity index (χ2n) is 21.7. The average Bonchev–Trinajstić information content (AvgIpc) is 4.36. The number of amides is 3. The minimum absolute atomic E-state index is 0.0145. The number of aromatic nitrogens is 5. The van der Waals surface area contributed by atoms with Crippen molar-refractivity contribution in [2.75, 3.05) is 90.9 Å². The summed E-state index contributed by atoms with van der Waals surface area (Å²) >= 11 is 1.39. The van der Waals surface area contributed by atoms with Crippen LogP contribution in [0.4, 0.5) is 5.69 Å². The summed E-state index contributed by atoms with van der Waals surface area (Å²) in [5.41, 5.74) is 3.70. The van der Waals surface area contributed by atoms with Crippen LogP contribution in [-0.4, -0.2) is 162 Å². The summed E-state index contributed by atoms with van der Waals surface area (Å²) in [4.78, 5) is 105. The average molecular weight is 1130 g/mol. The van der Waals surface area contributed by atoms with Crippen LogP contribution in [-0.2, 0) is 35.0 Å². The Morgan fingerprint density at radius 2 is 1.51 bits per heavy atom. The molecule has 0 radical (unpaired) electrons. The second kappa shape index (κ2) is 28.5. The number of ether oxygens (including phenoxy) is 4. The zero-order chi connectivity index (χ0) is 56.8. The second-order valence-corrected chi connectivity index (χ2v) is 22.6. The number of benzene rings is 1. The lowest BCUT2D eigenvalue weighted by Gasteiger charge is -2.36. The molecule has 434 valence electrons. The van der Waals surface area contributed by atoms with Gasteiger partial charge < -0.3 is 44.3 Å². The summed E-state index contributed by atoms with van der Waals surface area (Å²) in [6, 6.07) is 9.76. The molecule has 4 aliphatic rings. The van der Waals surface area contributed by atoms with Gasteiger partial charge in [-0.2, -0.15) is 0 Å². The van der Waals surface area contributed by atoms with E-state index >= 15 is 0 Å². The molecule has 2 N–H and O–H groups in total. The predicted molar refractivity (Wildman–Crippen MR) is 307 cm³/mol. The molecule has 20 nitrogen and oxygen atoms in total. The van der Waals surface area contributed by atoms with Crippen molar-refractivity contribution in [2.45, 2.75) is 128 Å². The summed E-state index contributed by atoms with van der Waals surface area (Å²) in [5, 5.41) is 9.27. The number of hydrogen-bond acceptors (Lipinski definition) is 17. The first kappa shape index (κ1) is 59.1. The van der Waals surface area contributed by atoms with Crippen molar-refractivity contribution in [1.29, 1.82) is 0 Å². The number of likely N-dealkylation sites (N-methyl/N-ethyl adjacent to an activating group) is 1. The fourth-order valence-corrected chi connectivity index (χ4v) is 12.6. The molecule has 0 unspecified atom stereocenters. The predicted octanol–water partition coefficient (Wildman–Crippen LogP) is 6.59. The van der Waals surface area contributed by atoms with Crippen molar-refractivity contribution >= 4 is 57.3 Å². The molecule has 2 saturated heterocycles. The Labute approximate surface area is 477 Å². The summed E-state index contributed by atoms with van der Waals surface area (Å²) in [7, 11) is 1.73. The molecule has 0 spiro atoms. The highest BCUT2D eigenvalue weighted by atomic mass is 32.1. The van der Waals surface area contributed by atoms with E-state index < -0.39 is 12.1 Å². The van der Waals surface area contributed by atoms with Gasteiger partial charge in [-0.25, -0.2) is 15.0 Å². The molecular formula is C60H78N10O10S. The van der Waals surface area contributed by atoms with Crippen molar-refractivity contribution in [3.05, 3.63) is 103 Å². The van der Waals surface area contributed by atoms with Gasteiger partial charge in [0.25, 0.3) is 5.56 Å². The van der Waals surface area contributed by atoms with E-state index in [2.05, 4.69) is 20.5 Å². The van der Waals surface area contributed by atoms with Crippen LogP contribution in [0.1, 0.15) is 151 Å². The Balaban J connectivity index is 0.628. The number of piperazine rings is 1. The molecular weight excluding hydrogens is 1050 g/mol. The maximum atomic E-state index is 14.2. The summed E-state index contributed by atoms with van der Waals surface area (Å²) in [6.45, 7) is 10.6. The van der Waals surface area contributed by atoms with Crippen LogP contribution >= 0.6 is 11.3 Å². The molecule has 4 aromatic heterocycles. The quantitative estimate of drug-likeness (QED) is 0.0439. The number of carbonyl (C=O) groups is 5. The zero-order valence-electron chi connectivity index (χ0n) is 47.3. The van der Waals surface area contributed by atoms with Gasteiger partial charge in [0, 0.05) is 67.0 Å². The van der Waals surface area contributed by atoms with E-state index in [1.807, 2.05) is 28.1 Å². The van der Waals surface area contributed by atoms with E-state index in [0.29, 0.717) is 113 Å². The number of nitrogens with zero attached hydrogens (tertiary/aromatic N) is 8. The summed E-state index contributed by atoms with van der Waals surface area (Å²) < 4.78 is 24.7. The van der Waals surface area contributed by atoms with Gasteiger partial charge in [0.15, 0.2) is 5.78 Å². The number of carbonyl (C=O) groups excluding carboxylic acids is 5. The molecule has 21 heteroatoms. The van der Waals surface area contributed by atoms with Crippen molar-refractivity contribution < 1.29 is 42.9 Å². The van der Waals surface area contributed by atoms with Gasteiger partial charge in [0.05, 0.1) is 82.0 Å². The van der Waals surface area contributed by atoms with E-state index in [0.717, 1.165) is 92.4 Å². The molecule has 1 aromatic carbocycles. The number of Topliss-reactive ketones (excluding diaryl/α,β-unsaturated/α-hetero) is 1. The van der Waals surface area contributed by atoms with E-state index in [1.165, 1.54) is 18.3 Å². The maximum absolute atomic E-state index is 14.2. The van der Waals surface area contributed by atoms with E-state index in [1.54, 1.807) is 61.3 Å². The van der Waals surface area contributed by atoms with Crippen LogP contribution in [0, 0.1) is 12.8 Å². The molecule has 3 amide bonds. The Hall–Kier alpha value is -6.52. The lowest BCUT2D eigenvalue weighted by Crippen LogP contribution is -2.55. The Kier molecular flexibility index (Phi) is 20.8. The first-order chi connectivity index (χ1) is 39.4. The first-order valence-electron chi connectivity index (χ1n) is 29.0. The Bertz CT molecular complexity index is 3040. The third-order valence-corrected chi connectivity index (χ3v) is 17.3. The smallest absolute Gasteiger partial charge is 0.263 e. The molecule has 4 fully saturated rings. The lowest BCUT2D eigenvalue weighted by atomic mass is 9.83. The van der Waals surface area contributed by atoms with Gasteiger partial charge in [-0.3, -0.25) is 38.3 Å². The van der Waals surface area contributed by atoms with Gasteiger partial charge in [-0.05, 0) is 102 Å². The normalized spacial score (nSPS) is 17.9. The highest BCUT2D eigenvalue weighted by Gasteiger charge is 2.40. The number of nitrogens with one attached hydrogen (secondary N) is 2. The third kappa shape index (κ3) is 14.8. The molecule has 2 saturated carbocycles. The minimum atomic E-state index is -0.588. The fraction of sp³-hybridized carbons (Fsp3) is 0.567. The summed E-state index contributed by atoms with van der Waals surface area (Å²) in [6.07, 6.45) is 14.7. The van der Waals surface area contributed by atoms with Crippen molar-refractivity contribution in [2.24, 2.45) is 5.92 Å². The maximum Gasteiger partial charge on any atom is 0.263 e. The largest absolute Gasteiger partial charge is 0.491 e. The van der Waals surface area contributed by atoms with E-state index in [4.69, 9.17) is 33.9 Å². The summed E-state index contributed by atoms with van der Waals surface area (Å²) in [5.74, 6) is 0.523. The zero-order valence-corrected chi connectivity index (χ0v) is 48.1. The van der Waals surface area contributed by atoms with Gasteiger partial charge in [-0.15, -0.1) is 11.3 Å². The van der Waals surface area contributed by atoms with Gasteiger partial charge in [0.2, 0.25) is 23.5 Å². The Morgan fingerprint density at radius 1 is 0.790 bits per heavy atom. The number of hydrogen-bond donors (Lipinski definition) is 2. The highest BCUT2D eigenvalue weighted by Crippen LogP contribution is 2.37. The standard InChI is InChI=1S/C60H78N10O10S/c1-39-48-37-63-51(65-56(48)70(45-15-8-9-16-45)59(75)53(39)41(3)71)35-44-19-20-46(36-62-44)67-23-25-68(26-24-67)52(72)21-27-77-28-29-78-30-31-79-32-33-80-47-17-10-14-43(34-47)55(73)49-38-81-58(64-49)50-18-11-22-69(50)60(76)54(42-12-6-5-7-13-42)66-57(74)40(2)61-4/h10,14,17,19-20,34,36-38,40,42,45,50,54,61H,5-9,11-13,15-16,18,21-33,35H2,1-4H3,(H,66,74)/t40-,50-,54-/m0/s1. The van der Waals surface area contributed by atoms with Crippen molar-refractivity contribution in [3.63, 3.8) is 0 Å². The lowest BCUT2D eigenvalue weighted by molar-refractivity contribution is -0.139. The number of pyridine rings is 2. The number of thiazole rings is 1. The van der Waals surface area contributed by atoms with Crippen molar-refractivity contribution in [3.8, 4) is 5.75 Å². The molecule has 2 aliphatic heterocycles. The van der Waals surface area contributed by atoms with Crippen molar-refractivity contribution in [1.82, 2.24) is 44.9 Å². The molecule has 3 atom stereocenters. The van der Waals surface area contributed by atoms with Gasteiger partial charge in [-0.1, -0.05) is 44.2 Å². The topological polar surface area (TPSA) is 230 Å². The highest BCUT2D eigenvalue weighted by molar-refractivity contribution is 7.10. The van der Waals surface area contributed by atoms with E-state index in [-0.39, 0.29) is 71.4 Å². The Morgan fingerprint density at radius 3 is 2.21 bits per heavy atom. The molecule has 6 heterocycles. The third-order valence-electron chi connectivity index (χ3n) is 16.3. The van der Waals surface area contributed by atoms with Gasteiger partial charge in [0.1, 0.15) is 40.6 Å². The molecule has 2 aliphatic carbocycles. The van der Waals surface area contributed by atoms with Crippen LogP contribution in [0.3, 0.4) is 0 Å². The first-order valence-corrected chi connectivity index (χ1v) is 29.9. The molecule has 5 aromatic rings. The number of anilines is 1. The number of fused-ring (bicyclic) bond motifs is 1. The SMILES string of the molecule is CN[C@@H](C)C(=O)N[C@H](C(=O)N1CCC[C@H]1c1nc(C(=O)c2cccc(OCCOCCOCCOCCC(=O)N3CCN(c4ccc(Cc5ncc6c(C)c(C(C)=O)c(=O)n(C7CCCC7)c6n5)nc4)CC3)c2)cs1)C1CCCCC1. The van der Waals surface area contributed by atoms with Crippen LogP contribution in [0.25, 0.3) is 11.0 Å². The molecule has 0 bridgehead atoms. The number of likely N-dealkylation sites (tertiary alicyclic amines) is 1. The number of aryl methyl sites for hydroxylation is 1. The minimum Gasteiger partial charge on any atom is -0.491 e. The monoisotopic (exact) mass is 1130 g/mol. The van der Waals surface area contributed by atoms with E-state index in [9.17, 15) is 28.8 Å². The van der Waals surface area contributed by atoms with Crippen LogP contribution in [0.2, 0.25) is 0 Å². The van der Waals surface area contributed by atoms with Crippen LogP contribution < -0.4 is 25.8 Å².